The molecule has 1 aromatic carbocycles. The first kappa shape index (κ1) is 11.5. The maximum Gasteiger partial charge on any atom is 0.205 e. The second kappa shape index (κ2) is 3.96. The van der Waals surface area contributed by atoms with Gasteiger partial charge in [0.1, 0.15) is 11.3 Å². The Morgan fingerprint density at radius 1 is 1.50 bits per heavy atom. The molecule has 2 N–H and O–H groups in total. The van der Waals surface area contributed by atoms with E-state index in [2.05, 4.69) is 4.98 Å². The van der Waals surface area contributed by atoms with Crippen LogP contribution in [0.4, 0.5) is 0 Å². The molecule has 0 amide bonds. The highest BCUT2D eigenvalue weighted by Crippen LogP contribution is 2.34. The molecule has 2 aromatic rings. The molecule has 1 fully saturated rings. The predicted octanol–water partition coefficient (Wildman–Crippen LogP) is 1.45. The van der Waals surface area contributed by atoms with Crippen LogP contribution < -0.4 is 10.5 Å². The molecule has 3 rings (SSSR count). The lowest BCUT2D eigenvalue weighted by atomic mass is 9.86. The largest absolute Gasteiger partial charge is 0.497 e. The number of ether oxygens (including phenoxy) is 2. The van der Waals surface area contributed by atoms with Gasteiger partial charge in [0, 0.05) is 12.1 Å². The van der Waals surface area contributed by atoms with Gasteiger partial charge in [-0.25, -0.2) is 4.98 Å². The molecule has 18 heavy (non-hydrogen) atoms. The van der Waals surface area contributed by atoms with Crippen molar-refractivity contribution < 1.29 is 13.9 Å². The standard InChI is InChI=1S/C13H16N2O3/c1-13(7-17-6-11(13)14)12-15-9-5-8(16-2)3-4-10(9)18-12/h3-5,11H,6-7,14H2,1-2H3. The van der Waals surface area contributed by atoms with Gasteiger partial charge >= 0.3 is 0 Å². The molecule has 1 aromatic heterocycles. The first-order valence-corrected chi connectivity index (χ1v) is 5.92. The van der Waals surface area contributed by atoms with Gasteiger partial charge in [0.2, 0.25) is 5.89 Å². The first-order valence-electron chi connectivity index (χ1n) is 5.92. The molecule has 1 aliphatic rings. The molecule has 1 saturated heterocycles. The Bertz CT molecular complexity index is 581. The third-order valence-corrected chi connectivity index (χ3v) is 3.60. The van der Waals surface area contributed by atoms with Gasteiger partial charge in [-0.15, -0.1) is 0 Å². The van der Waals surface area contributed by atoms with E-state index in [0.29, 0.717) is 19.1 Å². The highest BCUT2D eigenvalue weighted by Gasteiger charge is 2.43. The Hall–Kier alpha value is -1.59. The van der Waals surface area contributed by atoms with Crippen molar-refractivity contribution in [2.24, 2.45) is 5.73 Å². The SMILES string of the molecule is COc1ccc2oc(C3(C)COCC3N)nc2c1. The lowest BCUT2D eigenvalue weighted by Crippen LogP contribution is -2.42. The van der Waals surface area contributed by atoms with E-state index in [9.17, 15) is 0 Å². The molecule has 5 nitrogen and oxygen atoms in total. The first-order chi connectivity index (χ1) is 8.63. The van der Waals surface area contributed by atoms with Crippen LogP contribution >= 0.6 is 0 Å². The molecule has 0 bridgehead atoms. The zero-order chi connectivity index (χ0) is 12.8. The summed E-state index contributed by atoms with van der Waals surface area (Å²) in [6, 6.07) is 5.47. The number of benzene rings is 1. The fourth-order valence-electron chi connectivity index (χ4n) is 2.19. The number of rotatable bonds is 2. The summed E-state index contributed by atoms with van der Waals surface area (Å²) in [6.45, 7) is 3.10. The Morgan fingerprint density at radius 3 is 3.00 bits per heavy atom. The number of methoxy groups -OCH3 is 1. The van der Waals surface area contributed by atoms with Crippen LogP contribution in [0.15, 0.2) is 22.6 Å². The van der Waals surface area contributed by atoms with Gasteiger partial charge in [-0.2, -0.15) is 0 Å². The van der Waals surface area contributed by atoms with Gasteiger partial charge in [-0.05, 0) is 19.1 Å². The minimum Gasteiger partial charge on any atom is -0.497 e. The van der Waals surface area contributed by atoms with Crippen LogP contribution in [0.5, 0.6) is 5.75 Å². The lowest BCUT2D eigenvalue weighted by molar-refractivity contribution is 0.173. The molecule has 0 spiro atoms. The van der Waals surface area contributed by atoms with Crippen molar-refractivity contribution in [3.8, 4) is 5.75 Å². The lowest BCUT2D eigenvalue weighted by Gasteiger charge is -2.22. The molecule has 0 radical (unpaired) electrons. The summed E-state index contributed by atoms with van der Waals surface area (Å²) in [5.74, 6) is 1.40. The third-order valence-electron chi connectivity index (χ3n) is 3.60. The van der Waals surface area contributed by atoms with Gasteiger partial charge in [0.05, 0.1) is 25.7 Å². The van der Waals surface area contributed by atoms with Gasteiger partial charge < -0.3 is 19.6 Å². The fourth-order valence-corrected chi connectivity index (χ4v) is 2.19. The van der Waals surface area contributed by atoms with E-state index < -0.39 is 0 Å². The molecule has 96 valence electrons. The molecule has 2 heterocycles. The van der Waals surface area contributed by atoms with Crippen molar-refractivity contribution in [1.29, 1.82) is 0 Å². The quantitative estimate of drug-likeness (QED) is 0.871. The summed E-state index contributed by atoms with van der Waals surface area (Å²) in [7, 11) is 1.63. The minimum atomic E-state index is -0.355. The summed E-state index contributed by atoms with van der Waals surface area (Å²) >= 11 is 0. The zero-order valence-electron chi connectivity index (χ0n) is 10.5. The van der Waals surface area contributed by atoms with Crippen LogP contribution in [0, 0.1) is 0 Å². The maximum atomic E-state index is 6.07. The van der Waals surface area contributed by atoms with E-state index in [1.54, 1.807) is 7.11 Å². The van der Waals surface area contributed by atoms with E-state index in [4.69, 9.17) is 19.6 Å². The molecule has 1 aliphatic heterocycles. The molecule has 0 aliphatic carbocycles. The van der Waals surface area contributed by atoms with E-state index in [-0.39, 0.29) is 11.5 Å². The Kier molecular flexibility index (Phi) is 2.53. The van der Waals surface area contributed by atoms with Crippen LogP contribution in [0.2, 0.25) is 0 Å². The Labute approximate surface area is 105 Å². The maximum absolute atomic E-state index is 6.07. The summed E-state index contributed by atoms with van der Waals surface area (Å²) in [5, 5.41) is 0. The van der Waals surface area contributed by atoms with E-state index in [1.165, 1.54) is 0 Å². The van der Waals surface area contributed by atoms with Crippen LogP contribution in [0.25, 0.3) is 11.1 Å². The van der Waals surface area contributed by atoms with Crippen molar-refractivity contribution >= 4 is 11.1 Å². The van der Waals surface area contributed by atoms with Crippen LogP contribution in [-0.2, 0) is 10.2 Å². The minimum absolute atomic E-state index is 0.0903. The second-order valence-electron chi connectivity index (χ2n) is 4.89. The summed E-state index contributed by atoms with van der Waals surface area (Å²) in [4.78, 5) is 4.52. The Balaban J connectivity index is 2.08. The highest BCUT2D eigenvalue weighted by molar-refractivity contribution is 5.74. The van der Waals surface area contributed by atoms with Crippen LogP contribution in [0.3, 0.4) is 0 Å². The molecule has 2 unspecified atom stereocenters. The van der Waals surface area contributed by atoms with Gasteiger partial charge in [0.25, 0.3) is 0 Å². The summed E-state index contributed by atoms with van der Waals surface area (Å²) < 4.78 is 16.4. The monoisotopic (exact) mass is 248 g/mol. The summed E-state index contributed by atoms with van der Waals surface area (Å²) in [6.07, 6.45) is 0. The number of nitrogens with two attached hydrogens (primary N) is 1. The third kappa shape index (κ3) is 1.59. The second-order valence-corrected chi connectivity index (χ2v) is 4.89. The van der Waals surface area contributed by atoms with Crippen molar-refractivity contribution in [2.45, 2.75) is 18.4 Å². The fraction of sp³-hybridized carbons (Fsp3) is 0.462. The highest BCUT2D eigenvalue weighted by atomic mass is 16.5. The molecule has 2 atom stereocenters. The van der Waals surface area contributed by atoms with Crippen LogP contribution in [0.1, 0.15) is 12.8 Å². The molecule has 5 heteroatoms. The van der Waals surface area contributed by atoms with Gasteiger partial charge in [0.15, 0.2) is 5.58 Å². The number of oxazole rings is 1. The van der Waals surface area contributed by atoms with Crippen molar-refractivity contribution in [3.05, 3.63) is 24.1 Å². The summed E-state index contributed by atoms with van der Waals surface area (Å²) in [5.41, 5.74) is 7.24. The predicted molar refractivity (Wildman–Crippen MR) is 66.7 cm³/mol. The van der Waals surface area contributed by atoms with E-state index >= 15 is 0 Å². The average molecular weight is 248 g/mol. The Morgan fingerprint density at radius 2 is 2.33 bits per heavy atom. The smallest absolute Gasteiger partial charge is 0.205 e. The van der Waals surface area contributed by atoms with Crippen molar-refractivity contribution in [1.82, 2.24) is 4.98 Å². The normalized spacial score (nSPS) is 27.8. The number of nitrogens with zero attached hydrogens (tertiary/aromatic N) is 1. The van der Waals surface area contributed by atoms with Crippen molar-refractivity contribution in [2.75, 3.05) is 20.3 Å². The van der Waals surface area contributed by atoms with E-state index in [0.717, 1.165) is 16.8 Å². The van der Waals surface area contributed by atoms with Crippen molar-refractivity contribution in [3.63, 3.8) is 0 Å². The number of hydrogen-bond acceptors (Lipinski definition) is 5. The van der Waals surface area contributed by atoms with E-state index in [1.807, 2.05) is 25.1 Å². The van der Waals surface area contributed by atoms with Gasteiger partial charge in [-0.3, -0.25) is 0 Å². The topological polar surface area (TPSA) is 70.5 Å². The molecular formula is C13H16N2O3. The molecule has 0 saturated carbocycles. The number of hydrogen-bond donors (Lipinski definition) is 1. The van der Waals surface area contributed by atoms with Crippen LogP contribution in [-0.4, -0.2) is 31.3 Å². The molecular weight excluding hydrogens is 232 g/mol. The van der Waals surface area contributed by atoms with Gasteiger partial charge in [-0.1, -0.05) is 0 Å². The zero-order valence-corrected chi connectivity index (χ0v) is 10.5. The average Bonchev–Trinajstić information content (AvgIpc) is 2.94. The number of fused-ring (bicyclic) bond motifs is 1. The number of aromatic nitrogens is 1.